The molecule has 0 radical (unpaired) electrons. The summed E-state index contributed by atoms with van der Waals surface area (Å²) in [5.74, 6) is 1.50. The van der Waals surface area contributed by atoms with E-state index in [1.165, 1.54) is 11.3 Å². The maximum Gasteiger partial charge on any atom is 0.227 e. The average Bonchev–Trinajstić information content (AvgIpc) is 3.43. The molecular formula is C21H18N4O3S. The third-order valence-corrected chi connectivity index (χ3v) is 4.96. The molecule has 4 aromatic rings. The number of aromatic nitrogens is 3. The number of rotatable bonds is 7. The fraction of sp³-hybridized carbons (Fsp3) is 0.143. The molecule has 2 aromatic carbocycles. The number of aryl methyl sites for hydroxylation is 1. The second kappa shape index (κ2) is 8.66. The van der Waals surface area contributed by atoms with E-state index in [2.05, 4.69) is 20.4 Å². The quantitative estimate of drug-likeness (QED) is 0.488. The van der Waals surface area contributed by atoms with Gasteiger partial charge in [-0.05, 0) is 24.3 Å². The van der Waals surface area contributed by atoms with Crippen LogP contribution in [0.25, 0.3) is 22.6 Å². The van der Waals surface area contributed by atoms with Crippen LogP contribution in [0.2, 0.25) is 0 Å². The van der Waals surface area contributed by atoms with Crippen molar-refractivity contribution < 1.29 is 14.1 Å². The first-order valence-corrected chi connectivity index (χ1v) is 9.87. The third kappa shape index (κ3) is 4.67. The maximum atomic E-state index is 12.2. The van der Waals surface area contributed by atoms with Gasteiger partial charge in [-0.2, -0.15) is 4.98 Å². The molecule has 8 heteroatoms. The van der Waals surface area contributed by atoms with Crippen LogP contribution in [-0.2, 0) is 11.2 Å². The zero-order valence-electron chi connectivity index (χ0n) is 15.7. The first-order chi connectivity index (χ1) is 14.2. The molecule has 0 bridgehead atoms. The highest BCUT2D eigenvalue weighted by atomic mass is 32.1. The fourth-order valence-corrected chi connectivity index (χ4v) is 3.42. The number of nitrogens with one attached hydrogen (secondary N) is 1. The van der Waals surface area contributed by atoms with Crippen LogP contribution in [0.1, 0.15) is 12.3 Å². The Morgan fingerprint density at radius 2 is 1.86 bits per heavy atom. The predicted molar refractivity (Wildman–Crippen MR) is 111 cm³/mol. The van der Waals surface area contributed by atoms with Gasteiger partial charge < -0.3 is 14.6 Å². The largest absolute Gasteiger partial charge is 0.497 e. The lowest BCUT2D eigenvalue weighted by Crippen LogP contribution is -2.12. The Bertz CT molecular complexity index is 1090. The van der Waals surface area contributed by atoms with E-state index in [9.17, 15) is 4.79 Å². The Morgan fingerprint density at radius 3 is 2.62 bits per heavy atom. The number of hydrogen-bond donors (Lipinski definition) is 1. The number of hydrogen-bond acceptors (Lipinski definition) is 7. The molecule has 0 saturated heterocycles. The van der Waals surface area contributed by atoms with Crippen molar-refractivity contribution in [2.45, 2.75) is 12.8 Å². The van der Waals surface area contributed by atoms with Crippen LogP contribution in [-0.4, -0.2) is 28.1 Å². The Balaban J connectivity index is 1.32. The molecule has 1 amide bonds. The molecule has 0 atom stereocenters. The number of nitrogens with zero attached hydrogens (tertiary/aromatic N) is 3. The normalized spacial score (nSPS) is 10.7. The predicted octanol–water partition coefficient (Wildman–Crippen LogP) is 4.44. The molecule has 1 N–H and O–H groups in total. The van der Waals surface area contributed by atoms with E-state index in [-0.39, 0.29) is 12.3 Å². The molecule has 0 aliphatic rings. The lowest BCUT2D eigenvalue weighted by Gasteiger charge is -2.00. The summed E-state index contributed by atoms with van der Waals surface area (Å²) in [6.45, 7) is 0. The molecular weight excluding hydrogens is 388 g/mol. The number of thiazole rings is 1. The molecule has 7 nitrogen and oxygen atoms in total. The number of carbonyl (C=O) groups excluding carboxylic acids is 1. The molecule has 0 aliphatic carbocycles. The van der Waals surface area contributed by atoms with Crippen molar-refractivity contribution in [2.75, 3.05) is 12.4 Å². The van der Waals surface area contributed by atoms with Gasteiger partial charge in [-0.25, -0.2) is 4.98 Å². The van der Waals surface area contributed by atoms with Gasteiger partial charge in [0.2, 0.25) is 17.6 Å². The van der Waals surface area contributed by atoms with E-state index in [1.807, 2.05) is 60.0 Å². The van der Waals surface area contributed by atoms with E-state index in [1.54, 1.807) is 7.11 Å². The zero-order chi connectivity index (χ0) is 20.1. The summed E-state index contributed by atoms with van der Waals surface area (Å²) < 4.78 is 10.4. The molecule has 4 rings (SSSR count). The van der Waals surface area contributed by atoms with Crippen molar-refractivity contribution in [1.82, 2.24) is 15.1 Å². The Hall–Kier alpha value is -3.52. The number of anilines is 1. The van der Waals surface area contributed by atoms with Gasteiger partial charge in [0.15, 0.2) is 5.13 Å². The second-order valence-corrected chi connectivity index (χ2v) is 7.05. The molecule has 2 heterocycles. The van der Waals surface area contributed by atoms with Gasteiger partial charge >= 0.3 is 0 Å². The average molecular weight is 406 g/mol. The van der Waals surface area contributed by atoms with E-state index in [4.69, 9.17) is 9.26 Å². The van der Waals surface area contributed by atoms with Crippen molar-refractivity contribution >= 4 is 22.4 Å². The van der Waals surface area contributed by atoms with Crippen molar-refractivity contribution in [3.8, 4) is 28.4 Å². The van der Waals surface area contributed by atoms with Crippen molar-refractivity contribution in [3.63, 3.8) is 0 Å². The van der Waals surface area contributed by atoms with Crippen molar-refractivity contribution in [1.29, 1.82) is 0 Å². The van der Waals surface area contributed by atoms with Gasteiger partial charge in [-0.3, -0.25) is 4.79 Å². The molecule has 29 heavy (non-hydrogen) atoms. The molecule has 0 aliphatic heterocycles. The standard InChI is InChI=1S/C21H18N4O3S/c1-27-16-9-7-15(8-10-16)20-24-19(28-25-20)12-11-18(26)23-21-22-17(13-29-21)14-5-3-2-4-6-14/h2-10,13H,11-12H2,1H3,(H,22,23,26). The Kier molecular flexibility index (Phi) is 5.62. The highest BCUT2D eigenvalue weighted by Gasteiger charge is 2.12. The molecule has 0 fully saturated rings. The fourth-order valence-electron chi connectivity index (χ4n) is 2.69. The first kappa shape index (κ1) is 18.8. The van der Waals surface area contributed by atoms with Gasteiger partial charge in [0, 0.05) is 29.3 Å². The minimum Gasteiger partial charge on any atom is -0.497 e. The van der Waals surface area contributed by atoms with Crippen LogP contribution in [0.4, 0.5) is 5.13 Å². The first-order valence-electron chi connectivity index (χ1n) is 8.99. The third-order valence-electron chi connectivity index (χ3n) is 4.20. The highest BCUT2D eigenvalue weighted by molar-refractivity contribution is 7.14. The summed E-state index contributed by atoms with van der Waals surface area (Å²) in [5, 5.41) is 9.28. The highest BCUT2D eigenvalue weighted by Crippen LogP contribution is 2.25. The van der Waals surface area contributed by atoms with Gasteiger partial charge in [0.05, 0.1) is 12.8 Å². The SMILES string of the molecule is COc1ccc(-c2noc(CCC(=O)Nc3nc(-c4ccccc4)cs3)n2)cc1. The lowest BCUT2D eigenvalue weighted by atomic mass is 10.2. The zero-order valence-corrected chi connectivity index (χ0v) is 16.5. The van der Waals surface area contributed by atoms with E-state index in [0.29, 0.717) is 23.3 Å². The van der Waals surface area contributed by atoms with Crippen LogP contribution in [0, 0.1) is 0 Å². The minimum absolute atomic E-state index is 0.150. The summed E-state index contributed by atoms with van der Waals surface area (Å²) in [6.07, 6.45) is 0.580. The van der Waals surface area contributed by atoms with Gasteiger partial charge in [0.25, 0.3) is 0 Å². The second-order valence-electron chi connectivity index (χ2n) is 6.19. The van der Waals surface area contributed by atoms with Crippen molar-refractivity contribution in [3.05, 3.63) is 65.9 Å². The van der Waals surface area contributed by atoms with E-state index in [0.717, 1.165) is 22.6 Å². The van der Waals surface area contributed by atoms with Gasteiger partial charge in [-0.1, -0.05) is 35.5 Å². The molecule has 146 valence electrons. The van der Waals surface area contributed by atoms with E-state index < -0.39 is 0 Å². The Morgan fingerprint density at radius 1 is 1.07 bits per heavy atom. The van der Waals surface area contributed by atoms with Crippen LogP contribution in [0.3, 0.4) is 0 Å². The number of ether oxygens (including phenoxy) is 1. The van der Waals surface area contributed by atoms with Crippen LogP contribution >= 0.6 is 11.3 Å². The summed E-state index contributed by atoms with van der Waals surface area (Å²) in [5.41, 5.74) is 2.68. The molecule has 0 saturated carbocycles. The lowest BCUT2D eigenvalue weighted by molar-refractivity contribution is -0.116. The number of methoxy groups -OCH3 is 1. The molecule has 0 unspecified atom stereocenters. The van der Waals surface area contributed by atoms with Crippen LogP contribution in [0.5, 0.6) is 5.75 Å². The maximum absolute atomic E-state index is 12.2. The van der Waals surface area contributed by atoms with Crippen LogP contribution < -0.4 is 10.1 Å². The topological polar surface area (TPSA) is 90.1 Å². The summed E-state index contributed by atoms with van der Waals surface area (Å²) in [7, 11) is 1.61. The Labute approximate surface area is 171 Å². The number of benzene rings is 2. The summed E-state index contributed by atoms with van der Waals surface area (Å²) in [4.78, 5) is 21.0. The monoisotopic (exact) mass is 406 g/mol. The minimum atomic E-state index is -0.150. The smallest absolute Gasteiger partial charge is 0.227 e. The number of amides is 1. The molecule has 2 aromatic heterocycles. The van der Waals surface area contributed by atoms with Crippen LogP contribution in [0.15, 0.2) is 64.5 Å². The number of carbonyl (C=O) groups is 1. The van der Waals surface area contributed by atoms with Crippen molar-refractivity contribution in [2.24, 2.45) is 0 Å². The van der Waals surface area contributed by atoms with Gasteiger partial charge in [0.1, 0.15) is 5.75 Å². The van der Waals surface area contributed by atoms with Gasteiger partial charge in [-0.15, -0.1) is 11.3 Å². The summed E-state index contributed by atoms with van der Waals surface area (Å²) in [6, 6.07) is 17.2. The summed E-state index contributed by atoms with van der Waals surface area (Å²) >= 11 is 1.39. The van der Waals surface area contributed by atoms with E-state index >= 15 is 0 Å². The molecule has 0 spiro atoms.